The van der Waals surface area contributed by atoms with Crippen LogP contribution in [0.15, 0.2) is 6.20 Å². The van der Waals surface area contributed by atoms with Gasteiger partial charge in [-0.25, -0.2) is 4.98 Å². The molecule has 19 heavy (non-hydrogen) atoms. The first-order valence-electron chi connectivity index (χ1n) is 6.49. The first-order chi connectivity index (χ1) is 9.20. The average molecular weight is 286 g/mol. The van der Waals surface area contributed by atoms with Gasteiger partial charge in [-0.15, -0.1) is 0 Å². The lowest BCUT2D eigenvalue weighted by atomic mass is 9.98. The summed E-state index contributed by atoms with van der Waals surface area (Å²) in [7, 11) is 1.54. The molecule has 0 radical (unpaired) electrons. The van der Waals surface area contributed by atoms with Gasteiger partial charge in [0.1, 0.15) is 5.02 Å². The topological polar surface area (TPSA) is 71.1 Å². The molecule has 1 aliphatic heterocycles. The number of nitrogens with one attached hydrogen (secondary N) is 3. The molecule has 0 aromatic carbocycles. The molecule has 2 heterocycles. The van der Waals surface area contributed by atoms with Gasteiger partial charge in [0, 0.05) is 19.1 Å². The van der Waals surface area contributed by atoms with Crippen molar-refractivity contribution in [1.29, 1.82) is 0 Å². The molecule has 0 spiro atoms. The molecule has 6 nitrogen and oxygen atoms in total. The average Bonchev–Trinajstić information content (AvgIpc) is 2.82. The van der Waals surface area contributed by atoms with E-state index in [1.807, 2.05) is 0 Å². The minimum Gasteiger partial charge on any atom is -0.467 e. The summed E-state index contributed by atoms with van der Waals surface area (Å²) in [5.41, 5.74) is 6.40. The minimum absolute atomic E-state index is 0.324. The first-order valence-corrected chi connectivity index (χ1v) is 6.87. The van der Waals surface area contributed by atoms with Crippen LogP contribution in [0.3, 0.4) is 0 Å². The number of nitrogens with zero attached hydrogens (tertiary/aromatic N) is 2. The van der Waals surface area contributed by atoms with Crippen LogP contribution in [0, 0.1) is 5.92 Å². The van der Waals surface area contributed by atoms with E-state index in [-0.39, 0.29) is 0 Å². The van der Waals surface area contributed by atoms with Crippen molar-refractivity contribution in [3.63, 3.8) is 0 Å². The maximum atomic E-state index is 6.02. The number of ether oxygens (including phenoxy) is 1. The fourth-order valence-electron chi connectivity index (χ4n) is 2.14. The highest BCUT2D eigenvalue weighted by molar-refractivity contribution is 6.32. The Kier molecular flexibility index (Phi) is 5.18. The van der Waals surface area contributed by atoms with Crippen LogP contribution in [0.1, 0.15) is 19.8 Å². The molecule has 0 amide bonds. The summed E-state index contributed by atoms with van der Waals surface area (Å²) in [6, 6.07) is 0.854. The predicted molar refractivity (Wildman–Crippen MR) is 75.4 cm³/mol. The van der Waals surface area contributed by atoms with E-state index in [1.165, 1.54) is 7.11 Å². The number of hydrogen-bond donors (Lipinski definition) is 3. The molecule has 1 aromatic rings. The van der Waals surface area contributed by atoms with Crippen molar-refractivity contribution in [2.75, 3.05) is 25.5 Å². The van der Waals surface area contributed by atoms with Gasteiger partial charge in [0.15, 0.2) is 5.82 Å². The van der Waals surface area contributed by atoms with Gasteiger partial charge in [0.05, 0.1) is 13.3 Å². The lowest BCUT2D eigenvalue weighted by Gasteiger charge is -2.14. The van der Waals surface area contributed by atoms with Crippen molar-refractivity contribution in [2.45, 2.75) is 25.8 Å². The Morgan fingerprint density at radius 2 is 2.42 bits per heavy atom. The van der Waals surface area contributed by atoms with Gasteiger partial charge >= 0.3 is 6.01 Å². The maximum absolute atomic E-state index is 6.02. The molecule has 7 heteroatoms. The summed E-state index contributed by atoms with van der Waals surface area (Å²) in [4.78, 5) is 8.11. The van der Waals surface area contributed by atoms with Gasteiger partial charge in [-0.3, -0.25) is 10.9 Å². The summed E-state index contributed by atoms with van der Waals surface area (Å²) < 4.78 is 4.97. The zero-order valence-electron chi connectivity index (χ0n) is 11.2. The molecule has 2 atom stereocenters. The molecule has 106 valence electrons. The van der Waals surface area contributed by atoms with Crippen molar-refractivity contribution < 1.29 is 4.74 Å². The van der Waals surface area contributed by atoms with E-state index in [2.05, 4.69) is 33.1 Å². The number of anilines is 1. The SMILES string of the molecule is COc1ncc(Cl)c(NCCCC2CNNC2C)n1. The van der Waals surface area contributed by atoms with Gasteiger partial charge in [0.2, 0.25) is 0 Å². The minimum atomic E-state index is 0.324. The maximum Gasteiger partial charge on any atom is 0.318 e. The van der Waals surface area contributed by atoms with Crippen molar-refractivity contribution in [1.82, 2.24) is 20.8 Å². The normalized spacial score (nSPS) is 22.5. The molecule has 1 aromatic heterocycles. The van der Waals surface area contributed by atoms with Gasteiger partial charge in [-0.2, -0.15) is 4.98 Å². The highest BCUT2D eigenvalue weighted by atomic mass is 35.5. The first kappa shape index (κ1) is 14.3. The number of aromatic nitrogens is 2. The zero-order chi connectivity index (χ0) is 13.7. The highest BCUT2D eigenvalue weighted by Crippen LogP contribution is 2.20. The Hall–Kier alpha value is -1.11. The molecule has 0 bridgehead atoms. The Balaban J connectivity index is 1.76. The second kappa shape index (κ2) is 6.88. The molecule has 1 aliphatic rings. The number of hydrazine groups is 1. The van der Waals surface area contributed by atoms with Crippen LogP contribution in [-0.4, -0.2) is 36.2 Å². The third-order valence-electron chi connectivity index (χ3n) is 3.35. The number of hydrogen-bond acceptors (Lipinski definition) is 6. The Morgan fingerprint density at radius 3 is 3.11 bits per heavy atom. The Morgan fingerprint density at radius 1 is 1.58 bits per heavy atom. The Bertz CT molecular complexity index is 417. The van der Waals surface area contributed by atoms with Crippen molar-refractivity contribution in [2.24, 2.45) is 5.92 Å². The number of halogens is 1. The summed E-state index contributed by atoms with van der Waals surface area (Å²) in [6.45, 7) is 4.07. The third-order valence-corrected chi connectivity index (χ3v) is 3.63. The smallest absolute Gasteiger partial charge is 0.318 e. The molecule has 2 unspecified atom stereocenters. The van der Waals surface area contributed by atoms with E-state index in [1.54, 1.807) is 6.20 Å². The zero-order valence-corrected chi connectivity index (χ0v) is 12.0. The van der Waals surface area contributed by atoms with E-state index in [0.29, 0.717) is 28.8 Å². The van der Waals surface area contributed by atoms with E-state index >= 15 is 0 Å². The number of rotatable bonds is 6. The van der Waals surface area contributed by atoms with Crippen LogP contribution in [0.5, 0.6) is 6.01 Å². The van der Waals surface area contributed by atoms with Crippen molar-refractivity contribution in [3.05, 3.63) is 11.2 Å². The molecular formula is C12H20ClN5O. The van der Waals surface area contributed by atoms with Gasteiger partial charge in [-0.05, 0) is 25.7 Å². The second-order valence-electron chi connectivity index (χ2n) is 4.70. The Labute approximate surface area is 118 Å². The molecular weight excluding hydrogens is 266 g/mol. The lowest BCUT2D eigenvalue weighted by Crippen LogP contribution is -2.28. The quantitative estimate of drug-likeness (QED) is 0.687. The van der Waals surface area contributed by atoms with E-state index in [0.717, 1.165) is 25.9 Å². The van der Waals surface area contributed by atoms with Crippen molar-refractivity contribution >= 4 is 17.4 Å². The molecule has 0 aliphatic carbocycles. The lowest BCUT2D eigenvalue weighted by molar-refractivity contribution is 0.380. The van der Waals surface area contributed by atoms with Crippen LogP contribution >= 0.6 is 11.6 Å². The fraction of sp³-hybridized carbons (Fsp3) is 0.667. The second-order valence-corrected chi connectivity index (χ2v) is 5.10. The molecule has 1 fully saturated rings. The molecule has 0 saturated carbocycles. The van der Waals surface area contributed by atoms with Crippen LogP contribution in [0.4, 0.5) is 5.82 Å². The van der Waals surface area contributed by atoms with Crippen LogP contribution in [-0.2, 0) is 0 Å². The summed E-state index contributed by atoms with van der Waals surface area (Å²) in [6.07, 6.45) is 3.78. The van der Waals surface area contributed by atoms with Crippen LogP contribution in [0.25, 0.3) is 0 Å². The van der Waals surface area contributed by atoms with E-state index in [9.17, 15) is 0 Å². The standard InChI is InChI=1S/C12H20ClN5O/c1-8-9(6-16-18-8)4-3-5-14-11-10(13)7-15-12(17-11)19-2/h7-9,16,18H,3-6H2,1-2H3,(H,14,15,17). The van der Waals surface area contributed by atoms with Gasteiger partial charge in [-0.1, -0.05) is 11.6 Å². The van der Waals surface area contributed by atoms with Crippen LogP contribution in [0.2, 0.25) is 5.02 Å². The van der Waals surface area contributed by atoms with Crippen LogP contribution < -0.4 is 20.9 Å². The molecule has 3 N–H and O–H groups in total. The molecule has 2 rings (SSSR count). The summed E-state index contributed by atoms with van der Waals surface area (Å²) in [5, 5.41) is 3.73. The van der Waals surface area contributed by atoms with Crippen molar-refractivity contribution in [3.8, 4) is 6.01 Å². The monoisotopic (exact) mass is 285 g/mol. The third kappa shape index (κ3) is 3.92. The predicted octanol–water partition coefficient (Wildman–Crippen LogP) is 1.44. The van der Waals surface area contributed by atoms with E-state index in [4.69, 9.17) is 16.3 Å². The fourth-order valence-corrected chi connectivity index (χ4v) is 2.30. The largest absolute Gasteiger partial charge is 0.467 e. The van der Waals surface area contributed by atoms with Gasteiger partial charge < -0.3 is 10.1 Å². The van der Waals surface area contributed by atoms with E-state index < -0.39 is 0 Å². The van der Waals surface area contributed by atoms with Gasteiger partial charge in [0.25, 0.3) is 0 Å². The molecule has 1 saturated heterocycles. The number of methoxy groups -OCH3 is 1. The highest BCUT2D eigenvalue weighted by Gasteiger charge is 2.21. The summed E-state index contributed by atoms with van der Waals surface area (Å²) in [5.74, 6) is 1.31. The summed E-state index contributed by atoms with van der Waals surface area (Å²) >= 11 is 6.02.